The summed E-state index contributed by atoms with van der Waals surface area (Å²) in [6.07, 6.45) is 6.10. The van der Waals surface area contributed by atoms with Crippen LogP contribution in [0, 0.1) is 0 Å². The molecule has 0 saturated heterocycles. The van der Waals surface area contributed by atoms with Crippen molar-refractivity contribution in [3.63, 3.8) is 0 Å². The Morgan fingerprint density at radius 2 is 1.44 bits per heavy atom. The van der Waals surface area contributed by atoms with Gasteiger partial charge in [0.05, 0.1) is 0 Å². The molecule has 1 aromatic rings. The second-order valence-corrected chi connectivity index (χ2v) is 16.5. The van der Waals surface area contributed by atoms with Crippen LogP contribution >= 0.6 is 0 Å². The number of nitrogens with two attached hydrogens (primary N) is 1. The van der Waals surface area contributed by atoms with E-state index in [0.29, 0.717) is 0 Å². The number of anilines is 1. The maximum absolute atomic E-state index is 6.26. The maximum Gasteiger partial charge on any atom is 0.186 e. The largest absolute Gasteiger partial charge is 0.418 e. The number of rotatable bonds is 12. The van der Waals surface area contributed by atoms with Crippen molar-refractivity contribution in [1.82, 2.24) is 4.98 Å². The third kappa shape index (κ3) is 8.49. The van der Waals surface area contributed by atoms with Gasteiger partial charge >= 0.3 is 0 Å². The van der Waals surface area contributed by atoms with Gasteiger partial charge in [0, 0.05) is 30.8 Å². The number of nitrogen functional groups attached to an aromatic ring is 1. The van der Waals surface area contributed by atoms with Crippen molar-refractivity contribution in [3.05, 3.63) is 23.5 Å². The number of hydrogen-bond acceptors (Lipinski definition) is 4. The Balaban J connectivity index is 2.62. The Bertz CT molecular complexity index is 522. The predicted molar refractivity (Wildman–Crippen MR) is 113 cm³/mol. The van der Waals surface area contributed by atoms with Crippen molar-refractivity contribution in [2.45, 2.75) is 77.8 Å². The summed E-state index contributed by atoms with van der Waals surface area (Å²) >= 11 is 0. The van der Waals surface area contributed by atoms with Crippen LogP contribution in [0.4, 0.5) is 5.69 Å². The Morgan fingerprint density at radius 3 is 1.96 bits per heavy atom. The van der Waals surface area contributed by atoms with Crippen LogP contribution < -0.4 is 5.73 Å². The summed E-state index contributed by atoms with van der Waals surface area (Å²) in [5.41, 5.74) is 9.58. The molecule has 2 N–H and O–H groups in total. The fourth-order valence-electron chi connectivity index (χ4n) is 3.35. The van der Waals surface area contributed by atoms with Crippen molar-refractivity contribution >= 4 is 22.3 Å². The van der Waals surface area contributed by atoms with E-state index in [1.54, 1.807) is 0 Å². The topological polar surface area (TPSA) is 57.4 Å². The molecule has 6 heteroatoms. The molecule has 0 aliphatic heterocycles. The minimum atomic E-state index is -1.52. The second-order valence-electron chi connectivity index (χ2n) is 7.92. The average molecular weight is 383 g/mol. The van der Waals surface area contributed by atoms with Crippen LogP contribution in [-0.4, -0.2) is 34.8 Å². The number of nitrogens with zero attached hydrogens (tertiary/aromatic N) is 1. The molecule has 0 bridgehead atoms. The number of pyridine rings is 1. The SMILES string of the molecule is CCO[Si](C)(C)CCCc1nccc(N)c1CCC[Si](C)(C)OCC. The molecule has 0 aromatic carbocycles. The fraction of sp³-hybridized carbons (Fsp3) is 0.737. The number of aryl methyl sites for hydroxylation is 1. The fourth-order valence-corrected chi connectivity index (χ4v) is 7.26. The lowest BCUT2D eigenvalue weighted by molar-refractivity contribution is 0.327. The summed E-state index contributed by atoms with van der Waals surface area (Å²) in [6.45, 7) is 15.0. The zero-order chi connectivity index (χ0) is 18.9. The maximum atomic E-state index is 6.26. The molecule has 1 aromatic heterocycles. The number of hydrogen-bond donors (Lipinski definition) is 1. The lowest BCUT2D eigenvalue weighted by Crippen LogP contribution is -2.30. The molecule has 1 heterocycles. The Hall–Kier alpha value is -0.696. The van der Waals surface area contributed by atoms with Crippen molar-refractivity contribution in [2.75, 3.05) is 18.9 Å². The Kier molecular flexibility index (Phi) is 9.34. The first-order valence-electron chi connectivity index (χ1n) is 9.71. The van der Waals surface area contributed by atoms with E-state index in [2.05, 4.69) is 45.0 Å². The van der Waals surface area contributed by atoms with E-state index in [0.717, 1.165) is 44.6 Å². The Morgan fingerprint density at radius 1 is 0.920 bits per heavy atom. The highest BCUT2D eigenvalue weighted by Gasteiger charge is 2.23. The molecule has 4 nitrogen and oxygen atoms in total. The highest BCUT2D eigenvalue weighted by molar-refractivity contribution is 6.71. The summed E-state index contributed by atoms with van der Waals surface area (Å²) in [7, 11) is -3.04. The quantitative estimate of drug-likeness (QED) is 0.516. The van der Waals surface area contributed by atoms with Crippen LogP contribution in [0.2, 0.25) is 38.3 Å². The van der Waals surface area contributed by atoms with E-state index in [1.807, 2.05) is 12.3 Å². The molecule has 0 amide bonds. The lowest BCUT2D eigenvalue weighted by atomic mass is 10.0. The first kappa shape index (κ1) is 22.3. The molecule has 0 spiro atoms. The molecular weight excluding hydrogens is 344 g/mol. The highest BCUT2D eigenvalue weighted by Crippen LogP contribution is 2.23. The van der Waals surface area contributed by atoms with Gasteiger partial charge in [-0.3, -0.25) is 4.98 Å². The first-order valence-corrected chi connectivity index (χ1v) is 15.9. The average Bonchev–Trinajstić information content (AvgIpc) is 2.49. The zero-order valence-electron chi connectivity index (χ0n) is 17.2. The van der Waals surface area contributed by atoms with E-state index in [4.69, 9.17) is 14.6 Å². The zero-order valence-corrected chi connectivity index (χ0v) is 19.2. The normalized spacial score (nSPS) is 12.6. The van der Waals surface area contributed by atoms with Crippen LogP contribution in [-0.2, 0) is 21.7 Å². The second kappa shape index (κ2) is 10.5. The molecule has 144 valence electrons. The van der Waals surface area contributed by atoms with E-state index in [-0.39, 0.29) is 0 Å². The van der Waals surface area contributed by atoms with Crippen LogP contribution in [0.3, 0.4) is 0 Å². The highest BCUT2D eigenvalue weighted by atomic mass is 28.4. The molecule has 0 aliphatic carbocycles. The lowest BCUT2D eigenvalue weighted by Gasteiger charge is -2.23. The smallest absolute Gasteiger partial charge is 0.186 e. The molecule has 25 heavy (non-hydrogen) atoms. The van der Waals surface area contributed by atoms with Gasteiger partial charge in [0.25, 0.3) is 0 Å². The van der Waals surface area contributed by atoms with Crippen LogP contribution in [0.15, 0.2) is 12.3 Å². The van der Waals surface area contributed by atoms with Gasteiger partial charge in [-0.1, -0.05) is 0 Å². The molecular formula is C19H38N2O2Si2. The first-order chi connectivity index (χ1) is 11.7. The third-order valence-corrected chi connectivity index (χ3v) is 9.91. The van der Waals surface area contributed by atoms with Gasteiger partial charge in [0.15, 0.2) is 16.6 Å². The minimum Gasteiger partial charge on any atom is -0.418 e. The van der Waals surface area contributed by atoms with Crippen LogP contribution in [0.5, 0.6) is 0 Å². The van der Waals surface area contributed by atoms with Gasteiger partial charge in [0.1, 0.15) is 0 Å². The summed E-state index contributed by atoms with van der Waals surface area (Å²) in [4.78, 5) is 4.63. The predicted octanol–water partition coefficient (Wildman–Crippen LogP) is 5.01. The van der Waals surface area contributed by atoms with E-state index in [1.165, 1.54) is 23.3 Å². The summed E-state index contributed by atoms with van der Waals surface area (Å²) in [6, 6.07) is 4.27. The van der Waals surface area contributed by atoms with Crippen molar-refractivity contribution in [1.29, 1.82) is 0 Å². The van der Waals surface area contributed by atoms with Crippen LogP contribution in [0.1, 0.15) is 37.9 Å². The Labute approximate surface area is 156 Å². The van der Waals surface area contributed by atoms with Gasteiger partial charge in [-0.15, -0.1) is 0 Å². The monoisotopic (exact) mass is 382 g/mol. The van der Waals surface area contributed by atoms with E-state index in [9.17, 15) is 0 Å². The summed E-state index contributed by atoms with van der Waals surface area (Å²) in [5.74, 6) is 0. The summed E-state index contributed by atoms with van der Waals surface area (Å²) < 4.78 is 11.9. The van der Waals surface area contributed by atoms with Gasteiger partial charge in [-0.25, -0.2) is 0 Å². The molecule has 0 atom stereocenters. The van der Waals surface area contributed by atoms with Gasteiger partial charge in [0.2, 0.25) is 0 Å². The molecule has 0 fully saturated rings. The van der Waals surface area contributed by atoms with Crippen molar-refractivity contribution in [3.8, 4) is 0 Å². The number of aromatic nitrogens is 1. The summed E-state index contributed by atoms with van der Waals surface area (Å²) in [5, 5.41) is 0. The molecule has 0 aliphatic rings. The van der Waals surface area contributed by atoms with Crippen molar-refractivity contribution in [2.24, 2.45) is 0 Å². The minimum absolute atomic E-state index is 0.818. The van der Waals surface area contributed by atoms with E-state index < -0.39 is 16.6 Å². The molecule has 0 unspecified atom stereocenters. The molecule has 1 rings (SSSR count). The van der Waals surface area contributed by atoms with Crippen molar-refractivity contribution < 1.29 is 8.85 Å². The van der Waals surface area contributed by atoms with Gasteiger partial charge < -0.3 is 14.6 Å². The van der Waals surface area contributed by atoms with Gasteiger partial charge in [-0.05, 0) is 89.4 Å². The molecule has 0 saturated carbocycles. The molecule has 0 radical (unpaired) electrons. The standard InChI is InChI=1S/C19H38N2O2Si2/c1-7-22-24(3,4)15-9-11-17-18(20)13-14-21-19(17)12-10-16-25(5,6)23-8-2/h13-14H,7-12,15-16H2,1-6H3,(H2,20,21). The van der Waals surface area contributed by atoms with Crippen LogP contribution in [0.25, 0.3) is 0 Å². The van der Waals surface area contributed by atoms with Gasteiger partial charge in [-0.2, -0.15) is 0 Å². The van der Waals surface area contributed by atoms with E-state index >= 15 is 0 Å². The third-order valence-electron chi connectivity index (χ3n) is 4.65.